The predicted molar refractivity (Wildman–Crippen MR) is 94.1 cm³/mol. The third-order valence-electron chi connectivity index (χ3n) is 4.73. The summed E-state index contributed by atoms with van der Waals surface area (Å²) in [7, 11) is -0.638. The number of carbonyl (C=O) groups is 2. The van der Waals surface area contributed by atoms with Crippen molar-refractivity contribution in [1.29, 1.82) is 0 Å². The van der Waals surface area contributed by atoms with Gasteiger partial charge < -0.3 is 0 Å². The van der Waals surface area contributed by atoms with E-state index in [1.54, 1.807) is 10.0 Å². The number of nitrogens with zero attached hydrogens (tertiary/aromatic N) is 2. The van der Waals surface area contributed by atoms with Gasteiger partial charge in [-0.1, -0.05) is 60.7 Å². The molecule has 0 bridgehead atoms. The molecule has 2 saturated heterocycles. The monoisotopic (exact) mass is 338 g/mol. The van der Waals surface area contributed by atoms with Crippen LogP contribution in [0.1, 0.15) is 35.5 Å². The molecule has 4 rings (SSSR count). The summed E-state index contributed by atoms with van der Waals surface area (Å²) in [5.74, 6) is 0.0266. The average molecular weight is 338 g/mol. The van der Waals surface area contributed by atoms with E-state index < -0.39 is 7.92 Å². The molecular formula is C19H19N2O2P. The highest BCUT2D eigenvalue weighted by Gasteiger charge is 2.52. The molecule has 4 nitrogen and oxygen atoms in total. The summed E-state index contributed by atoms with van der Waals surface area (Å²) in [5, 5.41) is 3.48. The Kier molecular flexibility index (Phi) is 3.85. The maximum absolute atomic E-state index is 12.7. The van der Waals surface area contributed by atoms with E-state index in [4.69, 9.17) is 0 Å². The van der Waals surface area contributed by atoms with Crippen molar-refractivity contribution in [3.8, 4) is 0 Å². The van der Waals surface area contributed by atoms with E-state index in [1.807, 2.05) is 36.4 Å². The van der Waals surface area contributed by atoms with Gasteiger partial charge in [-0.2, -0.15) is 0 Å². The van der Waals surface area contributed by atoms with Crippen LogP contribution in [0.5, 0.6) is 0 Å². The second kappa shape index (κ2) is 6.03. The van der Waals surface area contributed by atoms with Crippen LogP contribution >= 0.6 is 7.92 Å². The van der Waals surface area contributed by atoms with E-state index in [-0.39, 0.29) is 23.4 Å². The van der Waals surface area contributed by atoms with Crippen LogP contribution in [-0.2, 0) is 9.59 Å². The van der Waals surface area contributed by atoms with E-state index >= 15 is 0 Å². The Morgan fingerprint density at radius 1 is 0.750 bits per heavy atom. The van der Waals surface area contributed by atoms with Gasteiger partial charge in [0.15, 0.2) is 0 Å². The maximum Gasteiger partial charge on any atom is 0.242 e. The molecule has 1 unspecified atom stereocenters. The van der Waals surface area contributed by atoms with Crippen molar-refractivity contribution in [3.05, 3.63) is 71.8 Å². The summed E-state index contributed by atoms with van der Waals surface area (Å²) in [6.07, 6.45) is 0.618. The van der Waals surface area contributed by atoms with Crippen molar-refractivity contribution in [2.75, 3.05) is 6.66 Å². The van der Waals surface area contributed by atoms with Gasteiger partial charge in [0.1, 0.15) is 0 Å². The standard InChI is InChI=1S/C19H19N2O2P/c1-24-18(14-8-4-2-5-9-14)20-16(22)12-13-17(23)21(20)19(24)15-10-6-3-7-11-15/h2-11,18-19H,12-13H2,1H3/t18-,19+,24?. The normalized spacial score (nSPS) is 26.6. The quantitative estimate of drug-likeness (QED) is 0.780. The molecule has 3 atom stereocenters. The third-order valence-corrected chi connectivity index (χ3v) is 7.30. The Bertz CT molecular complexity index is 700. The summed E-state index contributed by atoms with van der Waals surface area (Å²) in [6, 6.07) is 20.2. The number of amides is 2. The van der Waals surface area contributed by atoms with E-state index in [1.165, 1.54) is 0 Å². The molecule has 2 aliphatic rings. The van der Waals surface area contributed by atoms with Crippen molar-refractivity contribution in [2.24, 2.45) is 0 Å². The minimum Gasteiger partial charge on any atom is -0.273 e. The molecule has 24 heavy (non-hydrogen) atoms. The lowest BCUT2D eigenvalue weighted by molar-refractivity contribution is -0.171. The number of fused-ring (bicyclic) bond motifs is 1. The summed E-state index contributed by atoms with van der Waals surface area (Å²) >= 11 is 0. The number of hydrogen-bond acceptors (Lipinski definition) is 2. The van der Waals surface area contributed by atoms with E-state index in [9.17, 15) is 9.59 Å². The highest BCUT2D eigenvalue weighted by Crippen LogP contribution is 2.68. The number of benzene rings is 2. The van der Waals surface area contributed by atoms with Gasteiger partial charge in [-0.25, -0.2) is 10.0 Å². The van der Waals surface area contributed by atoms with Crippen LogP contribution in [0.3, 0.4) is 0 Å². The fourth-order valence-electron chi connectivity index (χ4n) is 3.67. The van der Waals surface area contributed by atoms with Crippen LogP contribution in [0.4, 0.5) is 0 Å². The number of rotatable bonds is 2. The minimum absolute atomic E-state index is 0.0387. The summed E-state index contributed by atoms with van der Waals surface area (Å²) < 4.78 is 0. The summed E-state index contributed by atoms with van der Waals surface area (Å²) in [4.78, 5) is 25.3. The molecule has 0 aliphatic carbocycles. The summed E-state index contributed by atoms with van der Waals surface area (Å²) in [5.41, 5.74) is 2.22. The molecule has 2 aromatic carbocycles. The fraction of sp³-hybridized carbons (Fsp3) is 0.263. The molecule has 2 fully saturated rings. The van der Waals surface area contributed by atoms with Gasteiger partial charge >= 0.3 is 0 Å². The zero-order chi connectivity index (χ0) is 16.7. The number of hydrazine groups is 1. The van der Waals surface area contributed by atoms with Crippen molar-refractivity contribution < 1.29 is 9.59 Å². The van der Waals surface area contributed by atoms with Crippen molar-refractivity contribution in [1.82, 2.24) is 10.0 Å². The Balaban J connectivity index is 1.84. The van der Waals surface area contributed by atoms with Gasteiger partial charge in [0.25, 0.3) is 0 Å². The zero-order valence-electron chi connectivity index (χ0n) is 13.5. The summed E-state index contributed by atoms with van der Waals surface area (Å²) in [6.45, 7) is 2.20. The third kappa shape index (κ3) is 2.33. The lowest BCUT2D eigenvalue weighted by Gasteiger charge is -2.37. The molecule has 122 valence electrons. The highest BCUT2D eigenvalue weighted by atomic mass is 31.1. The van der Waals surface area contributed by atoms with Crippen molar-refractivity contribution in [2.45, 2.75) is 24.4 Å². The lowest BCUT2D eigenvalue weighted by Crippen LogP contribution is -2.50. The molecule has 5 heteroatoms. The van der Waals surface area contributed by atoms with Crippen LogP contribution in [0, 0.1) is 0 Å². The molecule has 2 aliphatic heterocycles. The van der Waals surface area contributed by atoms with Gasteiger partial charge in [-0.3, -0.25) is 9.59 Å². The van der Waals surface area contributed by atoms with Crippen LogP contribution in [-0.4, -0.2) is 28.5 Å². The van der Waals surface area contributed by atoms with Gasteiger partial charge in [-0.15, -0.1) is 0 Å². The first kappa shape index (κ1) is 15.3. The maximum atomic E-state index is 12.7. The zero-order valence-corrected chi connectivity index (χ0v) is 14.4. The topological polar surface area (TPSA) is 40.6 Å². The molecule has 0 radical (unpaired) electrons. The first-order valence-corrected chi connectivity index (χ1v) is 10.1. The van der Waals surface area contributed by atoms with Crippen LogP contribution in [0.25, 0.3) is 0 Å². The van der Waals surface area contributed by atoms with Crippen LogP contribution in [0.15, 0.2) is 60.7 Å². The largest absolute Gasteiger partial charge is 0.273 e. The van der Waals surface area contributed by atoms with Crippen molar-refractivity contribution >= 4 is 19.7 Å². The van der Waals surface area contributed by atoms with Crippen LogP contribution in [0.2, 0.25) is 0 Å². The molecule has 0 N–H and O–H groups in total. The molecule has 2 aromatic rings. The van der Waals surface area contributed by atoms with Gasteiger partial charge in [-0.05, 0) is 25.7 Å². The molecule has 2 amide bonds. The fourth-order valence-corrected chi connectivity index (χ4v) is 6.40. The Morgan fingerprint density at radius 2 is 1.12 bits per heavy atom. The Hall–Kier alpha value is -2.19. The number of hydrogen-bond donors (Lipinski definition) is 0. The first-order valence-electron chi connectivity index (χ1n) is 8.14. The predicted octanol–water partition coefficient (Wildman–Crippen LogP) is 3.88. The van der Waals surface area contributed by atoms with Gasteiger partial charge in [0.2, 0.25) is 11.8 Å². The number of carbonyl (C=O) groups excluding carboxylic acids is 2. The molecule has 0 spiro atoms. The smallest absolute Gasteiger partial charge is 0.242 e. The van der Waals surface area contributed by atoms with Crippen LogP contribution < -0.4 is 0 Å². The SMILES string of the molecule is CP1[C@H](c2ccccc2)N2C(=O)CCC(=O)N2[C@@H]1c1ccccc1. The second-order valence-electron chi connectivity index (χ2n) is 6.21. The van der Waals surface area contributed by atoms with Crippen molar-refractivity contribution in [3.63, 3.8) is 0 Å². The van der Waals surface area contributed by atoms with E-state index in [0.29, 0.717) is 12.8 Å². The minimum atomic E-state index is -0.638. The van der Waals surface area contributed by atoms with Gasteiger partial charge in [0, 0.05) is 12.8 Å². The first-order chi connectivity index (χ1) is 11.7. The lowest BCUT2D eigenvalue weighted by atomic mass is 10.1. The molecule has 0 aromatic heterocycles. The average Bonchev–Trinajstić information content (AvgIpc) is 2.94. The molecule has 0 saturated carbocycles. The Morgan fingerprint density at radius 3 is 1.50 bits per heavy atom. The Labute approximate surface area is 142 Å². The van der Waals surface area contributed by atoms with E-state index in [2.05, 4.69) is 30.9 Å². The highest BCUT2D eigenvalue weighted by molar-refractivity contribution is 7.57. The molecular weight excluding hydrogens is 319 g/mol. The second-order valence-corrected chi connectivity index (χ2v) is 8.52. The molecule has 2 heterocycles. The van der Waals surface area contributed by atoms with Gasteiger partial charge in [0.05, 0.1) is 11.6 Å². The van der Waals surface area contributed by atoms with E-state index in [0.717, 1.165) is 11.1 Å².